The highest BCUT2D eigenvalue weighted by molar-refractivity contribution is 7.20. The predicted molar refractivity (Wildman–Crippen MR) is 114 cm³/mol. The lowest BCUT2D eigenvalue weighted by atomic mass is 9.85. The molecule has 1 aliphatic heterocycles. The summed E-state index contributed by atoms with van der Waals surface area (Å²) in [6.07, 6.45) is 0.0114. The van der Waals surface area contributed by atoms with Crippen LogP contribution in [-0.4, -0.2) is 27.3 Å². The van der Waals surface area contributed by atoms with Gasteiger partial charge in [0.05, 0.1) is 22.5 Å². The van der Waals surface area contributed by atoms with E-state index in [1.165, 1.54) is 11.3 Å². The number of benzene rings is 2. The third kappa shape index (κ3) is 3.34. The number of aromatic nitrogens is 3. The number of aryl methyl sites for hydroxylation is 1. The number of ether oxygens (including phenoxy) is 1. The molecule has 1 amide bonds. The van der Waals surface area contributed by atoms with E-state index >= 15 is 0 Å². The van der Waals surface area contributed by atoms with Gasteiger partial charge in [-0.1, -0.05) is 11.3 Å². The summed E-state index contributed by atoms with van der Waals surface area (Å²) in [5, 5.41) is 7.99. The van der Waals surface area contributed by atoms with Crippen molar-refractivity contribution >= 4 is 33.3 Å². The van der Waals surface area contributed by atoms with Crippen molar-refractivity contribution in [3.05, 3.63) is 64.9 Å². The van der Waals surface area contributed by atoms with Crippen LogP contribution in [0, 0.1) is 18.6 Å². The van der Waals surface area contributed by atoms with E-state index in [-0.39, 0.29) is 17.9 Å². The van der Waals surface area contributed by atoms with Crippen LogP contribution in [0.5, 0.6) is 5.75 Å². The highest BCUT2D eigenvalue weighted by Crippen LogP contribution is 2.42. The number of rotatable bonds is 4. The quantitative estimate of drug-likeness (QED) is 0.488. The van der Waals surface area contributed by atoms with Gasteiger partial charge in [0.2, 0.25) is 11.0 Å². The number of fused-ring (bicyclic) bond motifs is 2. The van der Waals surface area contributed by atoms with Gasteiger partial charge < -0.3 is 10.1 Å². The van der Waals surface area contributed by atoms with Crippen molar-refractivity contribution in [3.8, 4) is 10.9 Å². The number of hydrogen-bond acceptors (Lipinski definition) is 5. The van der Waals surface area contributed by atoms with Gasteiger partial charge in [-0.15, -0.1) is 0 Å². The van der Waals surface area contributed by atoms with Crippen LogP contribution in [0.2, 0.25) is 0 Å². The lowest BCUT2D eigenvalue weighted by Gasteiger charge is -2.24. The monoisotopic (exact) mass is 440 g/mol. The number of nitrogens with zero attached hydrogens (tertiary/aromatic N) is 3. The predicted octanol–water partition coefficient (Wildman–Crippen LogP) is 4.94. The topological polar surface area (TPSA) is 69.0 Å². The Balaban J connectivity index is 1.64. The van der Waals surface area contributed by atoms with Crippen molar-refractivity contribution < 1.29 is 18.3 Å². The molecule has 0 saturated heterocycles. The first kappa shape index (κ1) is 19.6. The summed E-state index contributed by atoms with van der Waals surface area (Å²) < 4.78 is 36.4. The summed E-state index contributed by atoms with van der Waals surface area (Å²) in [5.74, 6) is -0.840. The van der Waals surface area contributed by atoms with Gasteiger partial charge in [0.25, 0.3) is 0 Å². The van der Waals surface area contributed by atoms with Crippen molar-refractivity contribution in [1.29, 1.82) is 0 Å². The second kappa shape index (κ2) is 7.42. The fourth-order valence-electron chi connectivity index (χ4n) is 3.97. The molecule has 1 atom stereocenters. The maximum atomic E-state index is 14.5. The number of halogens is 2. The molecule has 158 valence electrons. The van der Waals surface area contributed by atoms with Crippen molar-refractivity contribution in [2.24, 2.45) is 0 Å². The molecule has 5 rings (SSSR count). The molecule has 31 heavy (non-hydrogen) atoms. The Hall–Kier alpha value is -3.33. The van der Waals surface area contributed by atoms with Gasteiger partial charge in [0.1, 0.15) is 23.2 Å². The summed E-state index contributed by atoms with van der Waals surface area (Å²) in [6.45, 7) is 4.27. The molecular formula is C22H18F2N4O2S. The molecule has 0 aliphatic carbocycles. The molecule has 2 aromatic heterocycles. The van der Waals surface area contributed by atoms with Gasteiger partial charge in [-0.3, -0.25) is 4.79 Å². The van der Waals surface area contributed by atoms with Crippen LogP contribution in [0.3, 0.4) is 0 Å². The molecule has 0 spiro atoms. The second-order valence-electron chi connectivity index (χ2n) is 7.29. The molecule has 9 heteroatoms. The van der Waals surface area contributed by atoms with Crippen molar-refractivity contribution in [1.82, 2.24) is 14.8 Å². The maximum Gasteiger partial charge on any atom is 0.226 e. The minimum Gasteiger partial charge on any atom is -0.494 e. The molecule has 0 bridgehead atoms. The van der Waals surface area contributed by atoms with Gasteiger partial charge in [0, 0.05) is 17.9 Å². The molecule has 2 aromatic carbocycles. The average Bonchev–Trinajstić information content (AvgIpc) is 3.30. The van der Waals surface area contributed by atoms with E-state index in [0.717, 1.165) is 34.2 Å². The largest absolute Gasteiger partial charge is 0.494 e. The van der Waals surface area contributed by atoms with Crippen LogP contribution in [-0.2, 0) is 4.79 Å². The third-order valence-corrected chi connectivity index (χ3v) is 6.27. The Kier molecular flexibility index (Phi) is 4.70. The van der Waals surface area contributed by atoms with Gasteiger partial charge in [-0.2, -0.15) is 9.78 Å². The number of amides is 1. The SMILES string of the molecule is CCOc1ccc2nc(-n3nc(C)c4c3NC(=O)CC4c3cc(F)ccc3F)sc2c1. The molecule has 0 radical (unpaired) electrons. The fourth-order valence-corrected chi connectivity index (χ4v) is 4.93. The van der Waals surface area contributed by atoms with E-state index in [9.17, 15) is 13.6 Å². The fraction of sp³-hybridized carbons (Fsp3) is 0.227. The Morgan fingerprint density at radius 1 is 1.26 bits per heavy atom. The van der Waals surface area contributed by atoms with Gasteiger partial charge >= 0.3 is 0 Å². The van der Waals surface area contributed by atoms with Crippen LogP contribution in [0.15, 0.2) is 36.4 Å². The Morgan fingerprint density at radius 2 is 2.10 bits per heavy atom. The normalized spacial score (nSPS) is 15.7. The number of hydrogen-bond donors (Lipinski definition) is 1. The highest BCUT2D eigenvalue weighted by atomic mass is 32.1. The molecule has 1 unspecified atom stereocenters. The lowest BCUT2D eigenvalue weighted by molar-refractivity contribution is -0.116. The zero-order valence-corrected chi connectivity index (χ0v) is 17.6. The van der Waals surface area contributed by atoms with Crippen LogP contribution in [0.1, 0.15) is 36.1 Å². The van der Waals surface area contributed by atoms with E-state index in [1.807, 2.05) is 25.1 Å². The Labute approximate surface area is 180 Å². The molecule has 3 heterocycles. The molecule has 6 nitrogen and oxygen atoms in total. The molecule has 0 saturated carbocycles. The van der Waals surface area contributed by atoms with E-state index in [0.29, 0.717) is 28.8 Å². The van der Waals surface area contributed by atoms with E-state index < -0.39 is 17.6 Å². The van der Waals surface area contributed by atoms with Gasteiger partial charge in [0.15, 0.2) is 0 Å². The summed E-state index contributed by atoms with van der Waals surface area (Å²) in [7, 11) is 0. The van der Waals surface area contributed by atoms with Crippen LogP contribution in [0.4, 0.5) is 14.6 Å². The number of nitrogens with one attached hydrogen (secondary N) is 1. The first-order valence-corrected chi connectivity index (χ1v) is 10.6. The number of anilines is 1. The van der Waals surface area contributed by atoms with Crippen LogP contribution < -0.4 is 10.1 Å². The average molecular weight is 440 g/mol. The summed E-state index contributed by atoms with van der Waals surface area (Å²) in [4.78, 5) is 17.1. The molecule has 0 fully saturated rings. The number of thiazole rings is 1. The first-order valence-electron chi connectivity index (χ1n) is 9.82. The minimum atomic E-state index is -0.632. The highest BCUT2D eigenvalue weighted by Gasteiger charge is 2.34. The zero-order chi connectivity index (χ0) is 21.7. The molecule has 1 N–H and O–H groups in total. The number of carbonyl (C=O) groups is 1. The second-order valence-corrected chi connectivity index (χ2v) is 8.30. The Bertz CT molecular complexity index is 1330. The van der Waals surface area contributed by atoms with E-state index in [1.54, 1.807) is 11.6 Å². The van der Waals surface area contributed by atoms with Crippen molar-refractivity contribution in [3.63, 3.8) is 0 Å². The van der Waals surface area contributed by atoms with Gasteiger partial charge in [-0.05, 0) is 55.8 Å². The minimum absolute atomic E-state index is 0.0114. The third-order valence-electron chi connectivity index (χ3n) is 5.28. The van der Waals surface area contributed by atoms with Crippen molar-refractivity contribution in [2.45, 2.75) is 26.2 Å². The zero-order valence-electron chi connectivity index (χ0n) is 16.8. The van der Waals surface area contributed by atoms with E-state index in [2.05, 4.69) is 15.4 Å². The number of carbonyl (C=O) groups excluding carboxylic acids is 1. The first-order chi connectivity index (χ1) is 14.9. The van der Waals surface area contributed by atoms with Crippen LogP contribution in [0.25, 0.3) is 15.3 Å². The molecule has 1 aliphatic rings. The van der Waals surface area contributed by atoms with Gasteiger partial charge in [-0.25, -0.2) is 13.8 Å². The maximum absolute atomic E-state index is 14.5. The Morgan fingerprint density at radius 3 is 2.90 bits per heavy atom. The lowest BCUT2D eigenvalue weighted by Crippen LogP contribution is -2.25. The summed E-state index contributed by atoms with van der Waals surface area (Å²) in [6, 6.07) is 8.92. The summed E-state index contributed by atoms with van der Waals surface area (Å²) in [5.41, 5.74) is 2.21. The molecule has 4 aromatic rings. The van der Waals surface area contributed by atoms with Crippen molar-refractivity contribution in [2.75, 3.05) is 11.9 Å². The summed E-state index contributed by atoms with van der Waals surface area (Å²) >= 11 is 1.40. The molecular weight excluding hydrogens is 422 g/mol. The standard InChI is InChI=1S/C22H18F2N4O2S/c1-3-30-13-5-7-17-18(9-13)31-22(25-17)28-21-20(11(2)27-28)15(10-19(29)26-21)14-8-12(23)4-6-16(14)24/h4-9,15H,3,10H2,1-2H3,(H,26,29). The van der Waals surface area contributed by atoms with E-state index in [4.69, 9.17) is 4.74 Å². The van der Waals surface area contributed by atoms with Crippen LogP contribution >= 0.6 is 11.3 Å². The smallest absolute Gasteiger partial charge is 0.226 e.